The van der Waals surface area contributed by atoms with Gasteiger partial charge < -0.3 is 4.90 Å². The highest BCUT2D eigenvalue weighted by molar-refractivity contribution is 7.89. The van der Waals surface area contributed by atoms with Crippen LogP contribution in [0.25, 0.3) is 0 Å². The Balaban J connectivity index is 3.10. The smallest absolute Gasteiger partial charge is 0.315 e. The molecule has 0 fully saturated rings. The molecule has 0 atom stereocenters. The minimum Gasteiger partial charge on any atom is -0.315 e. The van der Waals surface area contributed by atoms with E-state index < -0.39 is 21.2 Å². The van der Waals surface area contributed by atoms with Crippen LogP contribution in [0, 0.1) is 0 Å². The van der Waals surface area contributed by atoms with Crippen molar-refractivity contribution in [2.75, 3.05) is 26.2 Å². The third-order valence-electron chi connectivity index (χ3n) is 3.01. The summed E-state index contributed by atoms with van der Waals surface area (Å²) in [5, 5.41) is 3.43. The van der Waals surface area contributed by atoms with E-state index >= 15 is 0 Å². The van der Waals surface area contributed by atoms with Crippen LogP contribution in [-0.4, -0.2) is 64.6 Å². The van der Waals surface area contributed by atoms with Gasteiger partial charge >= 0.3 is 6.03 Å². The summed E-state index contributed by atoms with van der Waals surface area (Å²) in [4.78, 5) is 17.5. The number of carbonyl (C=O) groups is 1. The molecule has 1 rings (SSSR count). The lowest BCUT2D eigenvalue weighted by atomic mass is 10.5. The molecule has 1 aromatic rings. The summed E-state index contributed by atoms with van der Waals surface area (Å²) >= 11 is 11.3. The molecule has 0 saturated carbocycles. The van der Waals surface area contributed by atoms with Crippen molar-refractivity contribution in [1.29, 1.82) is 0 Å². The van der Waals surface area contributed by atoms with Crippen LogP contribution in [0.1, 0.15) is 6.92 Å². The molecule has 0 spiro atoms. The standard InChI is InChI=1S/C14H19Cl2N5O3S/c1-4-7-19(8-5-2)14(22)21-11-17-13(18-21)25(23,24)20(6-3)10-12(16)9-15/h4-5,9,11H,1-2,6-8,10H2,3H3/b12-9-. The van der Waals surface area contributed by atoms with E-state index in [4.69, 9.17) is 23.2 Å². The Labute approximate surface area is 157 Å². The van der Waals surface area contributed by atoms with Gasteiger partial charge in [-0.1, -0.05) is 42.3 Å². The van der Waals surface area contributed by atoms with Crippen LogP contribution in [0.2, 0.25) is 0 Å². The monoisotopic (exact) mass is 407 g/mol. The van der Waals surface area contributed by atoms with Gasteiger partial charge in [0.2, 0.25) is 0 Å². The topological polar surface area (TPSA) is 88.4 Å². The summed E-state index contributed by atoms with van der Waals surface area (Å²) in [6.45, 7) is 9.29. The number of aromatic nitrogens is 3. The lowest BCUT2D eigenvalue weighted by Crippen LogP contribution is -2.36. The van der Waals surface area contributed by atoms with Gasteiger partial charge in [0, 0.05) is 30.2 Å². The van der Waals surface area contributed by atoms with Gasteiger partial charge in [-0.05, 0) is 0 Å². The highest BCUT2D eigenvalue weighted by atomic mass is 35.5. The Hall–Kier alpha value is -1.68. The van der Waals surface area contributed by atoms with Crippen LogP contribution in [-0.2, 0) is 10.0 Å². The molecule has 0 saturated heterocycles. The first-order valence-electron chi connectivity index (χ1n) is 7.19. The minimum atomic E-state index is -4.02. The van der Waals surface area contributed by atoms with Gasteiger partial charge in [0.25, 0.3) is 15.2 Å². The zero-order chi connectivity index (χ0) is 19.0. The molecule has 0 aliphatic rings. The molecule has 0 N–H and O–H groups in total. The van der Waals surface area contributed by atoms with Crippen molar-refractivity contribution in [2.45, 2.75) is 12.1 Å². The van der Waals surface area contributed by atoms with Gasteiger partial charge in [-0.25, -0.2) is 18.2 Å². The fraction of sp³-hybridized carbons (Fsp3) is 0.357. The van der Waals surface area contributed by atoms with Crippen molar-refractivity contribution in [3.63, 3.8) is 0 Å². The molecule has 1 aromatic heterocycles. The SMILES string of the molecule is C=CCN(CC=C)C(=O)n1cnc(S(=O)(=O)N(CC)C/C(Cl)=C/Cl)n1. The van der Waals surface area contributed by atoms with E-state index in [0.717, 1.165) is 20.8 Å². The summed E-state index contributed by atoms with van der Waals surface area (Å²) in [6.07, 6.45) is 4.12. The quantitative estimate of drug-likeness (QED) is 0.585. The van der Waals surface area contributed by atoms with Crippen LogP contribution in [0.3, 0.4) is 0 Å². The number of amides is 1. The molecule has 0 aliphatic carbocycles. The number of carbonyl (C=O) groups excluding carboxylic acids is 1. The Morgan fingerprint density at radius 3 is 2.44 bits per heavy atom. The fourth-order valence-corrected chi connectivity index (χ4v) is 3.37. The van der Waals surface area contributed by atoms with Crippen molar-refractivity contribution in [3.05, 3.63) is 42.2 Å². The van der Waals surface area contributed by atoms with Gasteiger partial charge in [0.1, 0.15) is 6.33 Å². The molecule has 0 unspecified atom stereocenters. The van der Waals surface area contributed by atoms with E-state index in [9.17, 15) is 13.2 Å². The first kappa shape index (κ1) is 21.4. The van der Waals surface area contributed by atoms with Gasteiger partial charge in [-0.3, -0.25) is 0 Å². The van der Waals surface area contributed by atoms with Gasteiger partial charge in [0.05, 0.1) is 6.54 Å². The molecule has 138 valence electrons. The zero-order valence-electron chi connectivity index (χ0n) is 13.7. The Bertz CT molecular complexity index is 750. The maximum atomic E-state index is 12.6. The van der Waals surface area contributed by atoms with Crippen molar-refractivity contribution in [1.82, 2.24) is 24.0 Å². The highest BCUT2D eigenvalue weighted by Gasteiger charge is 2.29. The summed E-state index contributed by atoms with van der Waals surface area (Å²) in [5.74, 6) is 0. The first-order valence-corrected chi connectivity index (χ1v) is 9.44. The zero-order valence-corrected chi connectivity index (χ0v) is 16.0. The number of hydrogen-bond acceptors (Lipinski definition) is 5. The van der Waals surface area contributed by atoms with E-state index in [0.29, 0.717) is 0 Å². The largest absolute Gasteiger partial charge is 0.346 e. The normalized spacial score (nSPS) is 12.2. The lowest BCUT2D eigenvalue weighted by Gasteiger charge is -2.18. The number of halogens is 2. The molecule has 1 heterocycles. The predicted octanol–water partition coefficient (Wildman–Crippen LogP) is 2.25. The van der Waals surface area contributed by atoms with Crippen molar-refractivity contribution in [3.8, 4) is 0 Å². The molecule has 8 nitrogen and oxygen atoms in total. The van der Waals surface area contributed by atoms with Crippen LogP contribution in [0.5, 0.6) is 0 Å². The third-order valence-corrected chi connectivity index (χ3v) is 5.32. The van der Waals surface area contributed by atoms with Gasteiger partial charge in [-0.15, -0.1) is 18.3 Å². The fourth-order valence-electron chi connectivity index (χ4n) is 1.83. The number of likely N-dealkylation sites (N-methyl/N-ethyl adjacent to an activating group) is 1. The summed E-state index contributed by atoms with van der Waals surface area (Å²) < 4.78 is 27.0. The average Bonchev–Trinajstić information content (AvgIpc) is 3.09. The van der Waals surface area contributed by atoms with Gasteiger partial charge in [0.15, 0.2) is 0 Å². The second kappa shape index (κ2) is 9.71. The molecule has 0 radical (unpaired) electrons. The van der Waals surface area contributed by atoms with Gasteiger partial charge in [-0.2, -0.15) is 8.99 Å². The molecule has 0 aliphatic heterocycles. The summed E-state index contributed by atoms with van der Waals surface area (Å²) in [7, 11) is -4.02. The second-order valence-electron chi connectivity index (χ2n) is 4.72. The van der Waals surface area contributed by atoms with E-state index in [1.807, 2.05) is 0 Å². The number of nitrogens with zero attached hydrogens (tertiary/aromatic N) is 5. The third kappa shape index (κ3) is 5.40. The number of hydrogen-bond donors (Lipinski definition) is 0. The second-order valence-corrected chi connectivity index (χ2v) is 7.26. The molecule has 11 heteroatoms. The van der Waals surface area contributed by atoms with E-state index in [1.165, 1.54) is 17.1 Å². The lowest BCUT2D eigenvalue weighted by molar-refractivity contribution is 0.206. The molecule has 25 heavy (non-hydrogen) atoms. The van der Waals surface area contributed by atoms with E-state index in [1.54, 1.807) is 6.92 Å². The number of sulfonamides is 1. The molecular weight excluding hydrogens is 389 g/mol. The number of rotatable bonds is 9. The van der Waals surface area contributed by atoms with Crippen molar-refractivity contribution in [2.24, 2.45) is 0 Å². The molecule has 0 aromatic carbocycles. The minimum absolute atomic E-state index is 0.120. The van der Waals surface area contributed by atoms with Crippen LogP contribution >= 0.6 is 23.2 Å². The highest BCUT2D eigenvalue weighted by Crippen LogP contribution is 2.15. The van der Waals surface area contributed by atoms with Crippen molar-refractivity contribution < 1.29 is 13.2 Å². The molecule has 1 amide bonds. The Morgan fingerprint density at radius 2 is 1.96 bits per heavy atom. The Kier molecular flexibility index (Phi) is 8.30. The van der Waals surface area contributed by atoms with E-state index in [2.05, 4.69) is 23.2 Å². The first-order chi connectivity index (χ1) is 11.8. The maximum absolute atomic E-state index is 12.6. The molecular formula is C14H19Cl2N5O3S. The average molecular weight is 408 g/mol. The van der Waals surface area contributed by atoms with Crippen LogP contribution in [0.4, 0.5) is 4.79 Å². The van der Waals surface area contributed by atoms with Crippen molar-refractivity contribution >= 4 is 39.3 Å². The van der Waals surface area contributed by atoms with E-state index in [-0.39, 0.29) is 31.2 Å². The predicted molar refractivity (Wildman–Crippen MR) is 97.0 cm³/mol. The Morgan fingerprint density at radius 1 is 1.36 bits per heavy atom. The van der Waals surface area contributed by atoms with Crippen LogP contribution < -0.4 is 0 Å². The van der Waals surface area contributed by atoms with Crippen LogP contribution in [0.15, 0.2) is 47.4 Å². The summed E-state index contributed by atoms with van der Waals surface area (Å²) in [6, 6.07) is -0.546. The molecule has 0 bridgehead atoms. The summed E-state index contributed by atoms with van der Waals surface area (Å²) in [5.41, 5.74) is 1.08. The maximum Gasteiger partial charge on any atom is 0.346 e.